The number of benzene rings is 1. The quantitative estimate of drug-likeness (QED) is 0.368. The zero-order valence-electron chi connectivity index (χ0n) is 11.9. The summed E-state index contributed by atoms with van der Waals surface area (Å²) in [7, 11) is -7.62. The Morgan fingerprint density at radius 1 is 1.00 bits per heavy atom. The fraction of sp³-hybridized carbons (Fsp3) is 0.500. The van der Waals surface area contributed by atoms with Gasteiger partial charge in [-0.05, 0) is 19.4 Å². The summed E-state index contributed by atoms with van der Waals surface area (Å²) in [6.45, 7) is 2.71. The number of phosphoric ester groups is 1. The predicted molar refractivity (Wildman–Crippen MR) is 77.0 cm³/mol. The van der Waals surface area contributed by atoms with Crippen molar-refractivity contribution in [3.8, 4) is 0 Å². The van der Waals surface area contributed by atoms with Crippen LogP contribution in [0.4, 0.5) is 0 Å². The standard InChI is InChI=1S/C12H19O7PS/c1-3-16-20(13,17-4-2)18-11-19-21(14,15)10-12-8-6-5-7-9-12/h5-9H,3-4,10-11H2,1-2H3. The zero-order valence-corrected chi connectivity index (χ0v) is 13.6. The predicted octanol–water partition coefficient (Wildman–Crippen LogP) is 2.69. The third-order valence-corrected chi connectivity index (χ3v) is 4.91. The van der Waals surface area contributed by atoms with E-state index in [1.165, 1.54) is 0 Å². The van der Waals surface area contributed by atoms with Gasteiger partial charge in [-0.1, -0.05) is 30.3 Å². The van der Waals surface area contributed by atoms with Gasteiger partial charge in [0, 0.05) is 0 Å². The van der Waals surface area contributed by atoms with Crippen LogP contribution in [-0.2, 0) is 38.2 Å². The van der Waals surface area contributed by atoms with Crippen molar-refractivity contribution in [3.05, 3.63) is 35.9 Å². The van der Waals surface area contributed by atoms with Gasteiger partial charge in [-0.15, -0.1) is 0 Å². The third-order valence-electron chi connectivity index (χ3n) is 2.20. The molecular weight excluding hydrogens is 319 g/mol. The van der Waals surface area contributed by atoms with Crippen molar-refractivity contribution in [1.82, 2.24) is 0 Å². The van der Waals surface area contributed by atoms with Gasteiger partial charge in [-0.25, -0.2) is 8.75 Å². The molecule has 0 saturated heterocycles. The SMILES string of the molecule is CCOP(=O)(OCC)OCOS(=O)(=O)Cc1ccccc1. The molecule has 0 radical (unpaired) electrons. The Labute approximate surface area is 124 Å². The molecule has 0 fully saturated rings. The summed E-state index contributed by atoms with van der Waals surface area (Å²) in [5.74, 6) is -0.301. The Morgan fingerprint density at radius 2 is 1.57 bits per heavy atom. The molecule has 0 aliphatic carbocycles. The van der Waals surface area contributed by atoms with E-state index in [4.69, 9.17) is 13.6 Å². The summed E-state index contributed by atoms with van der Waals surface area (Å²) in [5, 5.41) is 0. The Morgan fingerprint density at radius 3 is 2.10 bits per heavy atom. The number of hydrogen-bond donors (Lipinski definition) is 0. The molecule has 0 amide bonds. The normalized spacial score (nSPS) is 12.5. The topological polar surface area (TPSA) is 88.1 Å². The molecule has 1 aromatic rings. The fourth-order valence-electron chi connectivity index (χ4n) is 1.41. The number of rotatable bonds is 10. The van der Waals surface area contributed by atoms with E-state index in [9.17, 15) is 13.0 Å². The molecule has 0 saturated carbocycles. The highest BCUT2D eigenvalue weighted by Crippen LogP contribution is 2.49. The van der Waals surface area contributed by atoms with Gasteiger partial charge < -0.3 is 0 Å². The van der Waals surface area contributed by atoms with Crippen molar-refractivity contribution in [3.63, 3.8) is 0 Å². The summed E-state index contributed by atoms with van der Waals surface area (Å²) < 4.78 is 54.5. The Balaban J connectivity index is 2.51. The molecular formula is C12H19O7PS. The summed E-state index contributed by atoms with van der Waals surface area (Å²) >= 11 is 0. The van der Waals surface area contributed by atoms with E-state index >= 15 is 0 Å². The van der Waals surface area contributed by atoms with E-state index in [0.717, 1.165) is 0 Å². The smallest absolute Gasteiger partial charge is 0.287 e. The first-order valence-corrected chi connectivity index (χ1v) is 9.39. The molecule has 0 atom stereocenters. The Bertz CT molecular complexity index is 548. The van der Waals surface area contributed by atoms with E-state index in [2.05, 4.69) is 4.18 Å². The van der Waals surface area contributed by atoms with Gasteiger partial charge in [0.05, 0.1) is 13.2 Å². The van der Waals surface area contributed by atoms with Crippen molar-refractivity contribution in [1.29, 1.82) is 0 Å². The minimum Gasteiger partial charge on any atom is -0.287 e. The van der Waals surface area contributed by atoms with E-state index in [1.54, 1.807) is 44.2 Å². The molecule has 1 aromatic carbocycles. The van der Waals surface area contributed by atoms with Crippen molar-refractivity contribution >= 4 is 17.9 Å². The first-order valence-electron chi connectivity index (χ1n) is 6.35. The molecule has 0 heterocycles. The van der Waals surface area contributed by atoms with Crippen molar-refractivity contribution in [2.24, 2.45) is 0 Å². The van der Waals surface area contributed by atoms with Gasteiger partial charge in [0.15, 0.2) is 6.79 Å². The summed E-state index contributed by atoms with van der Waals surface area (Å²) in [6.07, 6.45) is 0. The molecule has 0 unspecified atom stereocenters. The van der Waals surface area contributed by atoms with Crippen molar-refractivity contribution in [2.45, 2.75) is 19.6 Å². The lowest BCUT2D eigenvalue weighted by Crippen LogP contribution is -2.12. The van der Waals surface area contributed by atoms with Crippen LogP contribution in [0, 0.1) is 0 Å². The monoisotopic (exact) mass is 338 g/mol. The average molecular weight is 338 g/mol. The van der Waals surface area contributed by atoms with Crippen LogP contribution in [0.25, 0.3) is 0 Å². The first kappa shape index (κ1) is 18.3. The van der Waals surface area contributed by atoms with E-state index in [1.807, 2.05) is 0 Å². The largest absolute Gasteiger partial charge is 0.476 e. The molecule has 7 nitrogen and oxygen atoms in total. The van der Waals surface area contributed by atoms with Crippen LogP contribution in [0.15, 0.2) is 30.3 Å². The molecule has 0 aromatic heterocycles. The molecule has 21 heavy (non-hydrogen) atoms. The van der Waals surface area contributed by atoms with Gasteiger partial charge in [-0.2, -0.15) is 8.42 Å². The van der Waals surface area contributed by atoms with Gasteiger partial charge in [-0.3, -0.25) is 13.6 Å². The third kappa shape index (κ3) is 7.17. The van der Waals surface area contributed by atoms with Crippen molar-refractivity contribution in [2.75, 3.05) is 20.0 Å². The van der Waals surface area contributed by atoms with Crippen LogP contribution in [-0.4, -0.2) is 28.4 Å². The Kier molecular flexibility index (Phi) is 7.51. The average Bonchev–Trinajstić information content (AvgIpc) is 2.39. The van der Waals surface area contributed by atoms with Crippen LogP contribution in [0.5, 0.6) is 0 Å². The van der Waals surface area contributed by atoms with Gasteiger partial charge in [0.2, 0.25) is 0 Å². The summed E-state index contributed by atoms with van der Waals surface area (Å²) in [5.41, 5.74) is 0.579. The van der Waals surface area contributed by atoms with Crippen LogP contribution in [0.1, 0.15) is 19.4 Å². The van der Waals surface area contributed by atoms with Crippen LogP contribution < -0.4 is 0 Å². The molecule has 0 spiro atoms. The fourth-order valence-corrected chi connectivity index (χ4v) is 3.40. The molecule has 120 valence electrons. The van der Waals surface area contributed by atoms with E-state index < -0.39 is 24.7 Å². The van der Waals surface area contributed by atoms with Gasteiger partial charge in [0.25, 0.3) is 10.1 Å². The Hall–Kier alpha value is -0.760. The highest BCUT2D eigenvalue weighted by atomic mass is 32.2. The second-order valence-corrected chi connectivity index (χ2v) is 7.14. The summed E-state index contributed by atoms with van der Waals surface area (Å²) in [4.78, 5) is 0. The molecule has 0 aliphatic heterocycles. The number of hydrogen-bond acceptors (Lipinski definition) is 7. The maximum Gasteiger partial charge on any atom is 0.476 e. The number of phosphoric acid groups is 1. The maximum absolute atomic E-state index is 11.9. The van der Waals surface area contributed by atoms with Crippen LogP contribution in [0.3, 0.4) is 0 Å². The van der Waals surface area contributed by atoms with Crippen molar-refractivity contribution < 1.29 is 30.7 Å². The minimum atomic E-state index is -3.84. The molecule has 0 N–H and O–H groups in total. The summed E-state index contributed by atoms with van der Waals surface area (Å²) in [6, 6.07) is 8.54. The maximum atomic E-state index is 11.9. The lowest BCUT2D eigenvalue weighted by atomic mass is 10.2. The molecule has 9 heteroatoms. The lowest BCUT2D eigenvalue weighted by Gasteiger charge is -2.16. The van der Waals surface area contributed by atoms with Crippen LogP contribution >= 0.6 is 7.82 Å². The van der Waals surface area contributed by atoms with Gasteiger partial charge >= 0.3 is 7.82 Å². The molecule has 0 bridgehead atoms. The highest BCUT2D eigenvalue weighted by Gasteiger charge is 2.26. The second-order valence-electron chi connectivity index (χ2n) is 3.84. The molecule has 1 rings (SSSR count). The first-order chi connectivity index (χ1) is 9.91. The lowest BCUT2D eigenvalue weighted by molar-refractivity contribution is 0.0573. The minimum absolute atomic E-state index is 0.105. The molecule has 0 aliphatic rings. The zero-order chi connectivity index (χ0) is 15.8. The van der Waals surface area contributed by atoms with E-state index in [-0.39, 0.29) is 19.0 Å². The second kappa shape index (κ2) is 8.63. The van der Waals surface area contributed by atoms with E-state index in [0.29, 0.717) is 5.56 Å². The van der Waals surface area contributed by atoms with Gasteiger partial charge in [0.1, 0.15) is 5.75 Å². The van der Waals surface area contributed by atoms with Crippen LogP contribution in [0.2, 0.25) is 0 Å². The highest BCUT2D eigenvalue weighted by molar-refractivity contribution is 7.85.